The van der Waals surface area contributed by atoms with Crippen LogP contribution in [0.5, 0.6) is 0 Å². The predicted molar refractivity (Wildman–Crippen MR) is 148 cm³/mol. The van der Waals surface area contributed by atoms with Crippen LogP contribution in [-0.2, 0) is 26.2 Å². The maximum Gasteiger partial charge on any atom is 0.269 e. The van der Waals surface area contributed by atoms with Gasteiger partial charge in [-0.05, 0) is 54.8 Å². The van der Waals surface area contributed by atoms with E-state index in [-0.39, 0.29) is 29.2 Å². The number of sulfonamides is 1. The Labute approximate surface area is 232 Å². The van der Waals surface area contributed by atoms with E-state index < -0.39 is 45.2 Å². The molecule has 0 radical (unpaired) electrons. The molecule has 3 aromatic carbocycles. The zero-order valence-electron chi connectivity index (χ0n) is 22.2. The van der Waals surface area contributed by atoms with Crippen LogP contribution in [0.4, 0.5) is 15.8 Å². The van der Waals surface area contributed by atoms with Gasteiger partial charge in [-0.15, -0.1) is 0 Å². The third kappa shape index (κ3) is 7.41. The molecule has 1 atom stereocenters. The number of carbonyl (C=O) groups is 2. The third-order valence-corrected chi connectivity index (χ3v) is 7.95. The Morgan fingerprint density at radius 1 is 0.975 bits per heavy atom. The van der Waals surface area contributed by atoms with Crippen LogP contribution in [0.25, 0.3) is 0 Å². The van der Waals surface area contributed by atoms with Crippen LogP contribution in [0.3, 0.4) is 0 Å². The Hall–Kier alpha value is -4.32. The van der Waals surface area contributed by atoms with E-state index in [9.17, 15) is 32.5 Å². The van der Waals surface area contributed by atoms with Gasteiger partial charge in [0, 0.05) is 25.2 Å². The van der Waals surface area contributed by atoms with Gasteiger partial charge in [0.15, 0.2) is 0 Å². The summed E-state index contributed by atoms with van der Waals surface area (Å²) in [5.41, 5.74) is 0.334. The van der Waals surface area contributed by atoms with Gasteiger partial charge in [0.25, 0.3) is 15.7 Å². The molecular formula is C28H31FN4O6S. The summed E-state index contributed by atoms with van der Waals surface area (Å²) in [5.74, 6) is -1.54. The van der Waals surface area contributed by atoms with Gasteiger partial charge in [0.2, 0.25) is 11.8 Å². The van der Waals surface area contributed by atoms with Gasteiger partial charge in [0.05, 0.1) is 15.5 Å². The lowest BCUT2D eigenvalue weighted by atomic mass is 10.1. The first-order valence-electron chi connectivity index (χ1n) is 12.7. The normalized spacial score (nSPS) is 11.9. The molecule has 3 rings (SSSR count). The van der Waals surface area contributed by atoms with Crippen molar-refractivity contribution in [3.05, 3.63) is 100 Å². The molecular weight excluding hydrogens is 539 g/mol. The van der Waals surface area contributed by atoms with Crippen LogP contribution in [0.15, 0.2) is 83.8 Å². The fourth-order valence-electron chi connectivity index (χ4n) is 4.06. The molecule has 0 heterocycles. The number of nitrogens with one attached hydrogen (secondary N) is 1. The van der Waals surface area contributed by atoms with Crippen molar-refractivity contribution < 1.29 is 27.3 Å². The lowest BCUT2D eigenvalue weighted by molar-refractivity contribution is -0.384. The van der Waals surface area contributed by atoms with Gasteiger partial charge < -0.3 is 10.2 Å². The molecule has 0 aromatic heterocycles. The Morgan fingerprint density at radius 2 is 1.60 bits per heavy atom. The lowest BCUT2D eigenvalue weighted by Gasteiger charge is -2.33. The molecule has 40 heavy (non-hydrogen) atoms. The van der Waals surface area contributed by atoms with Crippen molar-refractivity contribution >= 4 is 33.2 Å². The minimum atomic E-state index is -4.30. The van der Waals surface area contributed by atoms with Crippen molar-refractivity contribution in [2.75, 3.05) is 17.4 Å². The highest BCUT2D eigenvalue weighted by Crippen LogP contribution is 2.26. The van der Waals surface area contributed by atoms with Gasteiger partial charge >= 0.3 is 0 Å². The van der Waals surface area contributed by atoms with Crippen molar-refractivity contribution in [2.45, 2.75) is 44.2 Å². The van der Waals surface area contributed by atoms with Gasteiger partial charge in [-0.1, -0.05) is 44.2 Å². The van der Waals surface area contributed by atoms with Crippen LogP contribution in [0, 0.1) is 15.9 Å². The molecule has 0 aliphatic carbocycles. The molecule has 10 nitrogen and oxygen atoms in total. The van der Waals surface area contributed by atoms with E-state index in [0.717, 1.165) is 16.4 Å². The molecule has 2 amide bonds. The quantitative estimate of drug-likeness (QED) is 0.241. The van der Waals surface area contributed by atoms with Gasteiger partial charge in [-0.25, -0.2) is 12.8 Å². The number of rotatable bonds is 13. The highest BCUT2D eigenvalue weighted by molar-refractivity contribution is 7.92. The second kappa shape index (κ2) is 13.7. The van der Waals surface area contributed by atoms with Crippen molar-refractivity contribution in [1.82, 2.24) is 10.2 Å². The second-order valence-corrected chi connectivity index (χ2v) is 10.8. The minimum absolute atomic E-state index is 0.0352. The van der Waals surface area contributed by atoms with Gasteiger partial charge in [-0.2, -0.15) is 0 Å². The maximum atomic E-state index is 13.9. The van der Waals surface area contributed by atoms with Gasteiger partial charge in [0.1, 0.15) is 18.4 Å². The van der Waals surface area contributed by atoms with E-state index in [1.165, 1.54) is 65.6 Å². The van der Waals surface area contributed by atoms with Crippen LogP contribution >= 0.6 is 0 Å². The number of nitrogens with zero attached hydrogens (tertiary/aromatic N) is 3. The molecule has 0 fully saturated rings. The molecule has 0 spiro atoms. The number of nitro groups is 1. The Kier molecular flexibility index (Phi) is 10.3. The average Bonchev–Trinajstić information content (AvgIpc) is 2.96. The van der Waals surface area contributed by atoms with E-state index in [1.807, 2.05) is 6.92 Å². The number of halogens is 1. The second-order valence-electron chi connectivity index (χ2n) is 8.96. The van der Waals surface area contributed by atoms with Crippen LogP contribution in [-0.4, -0.2) is 49.2 Å². The van der Waals surface area contributed by atoms with Crippen LogP contribution < -0.4 is 9.62 Å². The summed E-state index contributed by atoms with van der Waals surface area (Å²) in [6.07, 6.45) is 0.919. The zero-order valence-corrected chi connectivity index (χ0v) is 23.0. The van der Waals surface area contributed by atoms with Crippen LogP contribution in [0.1, 0.15) is 32.3 Å². The number of nitro benzene ring substituents is 1. The SMILES string of the molecule is CCCNC(=O)[C@@H](CC)N(Cc1ccc(F)cc1)C(=O)CN(c1ccc([N+](=O)[O-])cc1)S(=O)(=O)c1ccccc1. The molecule has 3 aromatic rings. The third-order valence-electron chi connectivity index (χ3n) is 6.16. The van der Waals surface area contributed by atoms with Crippen molar-refractivity contribution in [3.8, 4) is 0 Å². The van der Waals surface area contributed by atoms with E-state index in [0.29, 0.717) is 18.5 Å². The fraction of sp³-hybridized carbons (Fsp3) is 0.286. The van der Waals surface area contributed by atoms with Gasteiger partial charge in [-0.3, -0.25) is 24.0 Å². The molecule has 0 aliphatic heterocycles. The average molecular weight is 571 g/mol. The number of amides is 2. The molecule has 212 valence electrons. The van der Waals surface area contributed by atoms with Crippen molar-refractivity contribution in [3.63, 3.8) is 0 Å². The number of anilines is 1. The molecule has 12 heteroatoms. The highest BCUT2D eigenvalue weighted by atomic mass is 32.2. The number of hydrogen-bond acceptors (Lipinski definition) is 6. The number of hydrogen-bond donors (Lipinski definition) is 1. The molecule has 0 saturated heterocycles. The fourth-order valence-corrected chi connectivity index (χ4v) is 5.50. The van der Waals surface area contributed by atoms with Crippen molar-refractivity contribution in [1.29, 1.82) is 0 Å². The first-order chi connectivity index (χ1) is 19.1. The van der Waals surface area contributed by atoms with E-state index in [1.54, 1.807) is 13.0 Å². The molecule has 0 unspecified atom stereocenters. The van der Waals surface area contributed by atoms with E-state index in [4.69, 9.17) is 0 Å². The zero-order chi connectivity index (χ0) is 29.3. The predicted octanol–water partition coefficient (Wildman–Crippen LogP) is 4.26. The summed E-state index contributed by atoms with van der Waals surface area (Å²) in [4.78, 5) is 38.7. The standard InChI is InChI=1S/C28H31FN4O6S/c1-3-18-30-28(35)26(4-2)31(19-21-10-12-22(29)13-11-21)27(34)20-32(23-14-16-24(17-15-23)33(36)37)40(38,39)25-8-6-5-7-9-25/h5-17,26H,3-4,18-20H2,1-2H3,(H,30,35)/t26-/m1/s1. The molecule has 0 bridgehead atoms. The Morgan fingerprint density at radius 3 is 2.15 bits per heavy atom. The summed E-state index contributed by atoms with van der Waals surface area (Å²) in [7, 11) is -4.30. The molecule has 1 N–H and O–H groups in total. The molecule has 0 saturated carbocycles. The lowest BCUT2D eigenvalue weighted by Crippen LogP contribution is -2.52. The first kappa shape index (κ1) is 30.2. The Bertz CT molecular complexity index is 1420. The minimum Gasteiger partial charge on any atom is -0.354 e. The largest absolute Gasteiger partial charge is 0.354 e. The number of benzene rings is 3. The summed E-state index contributed by atoms with van der Waals surface area (Å²) in [5, 5.41) is 13.9. The Balaban J connectivity index is 2.05. The number of non-ortho nitro benzene ring substituents is 1. The van der Waals surface area contributed by atoms with Crippen LogP contribution in [0.2, 0.25) is 0 Å². The topological polar surface area (TPSA) is 130 Å². The van der Waals surface area contributed by atoms with E-state index in [2.05, 4.69) is 5.32 Å². The van der Waals surface area contributed by atoms with E-state index >= 15 is 0 Å². The summed E-state index contributed by atoms with van der Waals surface area (Å²) in [6, 6.07) is 16.8. The molecule has 0 aliphatic rings. The first-order valence-corrected chi connectivity index (χ1v) is 14.2. The summed E-state index contributed by atoms with van der Waals surface area (Å²) >= 11 is 0. The highest BCUT2D eigenvalue weighted by Gasteiger charge is 2.33. The summed E-state index contributed by atoms with van der Waals surface area (Å²) < 4.78 is 41.9. The maximum absolute atomic E-state index is 13.9. The van der Waals surface area contributed by atoms with Crippen molar-refractivity contribution in [2.24, 2.45) is 0 Å². The smallest absolute Gasteiger partial charge is 0.269 e. The number of carbonyl (C=O) groups excluding carboxylic acids is 2. The monoisotopic (exact) mass is 570 g/mol. The summed E-state index contributed by atoms with van der Waals surface area (Å²) in [6.45, 7) is 3.25.